The number of carbonyl (C=O) groups is 1. The Morgan fingerprint density at radius 3 is 2.35 bits per heavy atom. The van der Waals surface area contributed by atoms with Crippen LogP contribution < -0.4 is 10.6 Å². The van der Waals surface area contributed by atoms with Crippen molar-refractivity contribution in [2.75, 3.05) is 5.32 Å². The normalized spacial score (nSPS) is 13.4. The minimum Gasteiger partial charge on any atom is -0.325 e. The molecule has 3 nitrogen and oxygen atoms in total. The van der Waals surface area contributed by atoms with Gasteiger partial charge in [0.25, 0.3) is 0 Å². The van der Waals surface area contributed by atoms with Gasteiger partial charge in [-0.25, -0.2) is 0 Å². The lowest BCUT2D eigenvalue weighted by Gasteiger charge is -2.21. The minimum atomic E-state index is -0.289. The van der Waals surface area contributed by atoms with Gasteiger partial charge in [-0.15, -0.1) is 0 Å². The van der Waals surface area contributed by atoms with Crippen LogP contribution in [0.5, 0.6) is 0 Å². The number of aryl methyl sites for hydroxylation is 1. The number of amides is 1. The van der Waals surface area contributed by atoms with Crippen LogP contribution in [0.3, 0.4) is 0 Å². The van der Waals surface area contributed by atoms with Gasteiger partial charge in [-0.1, -0.05) is 53.2 Å². The fourth-order valence-electron chi connectivity index (χ4n) is 2.44. The first-order valence-electron chi connectivity index (χ1n) is 7.91. The third-order valence-electron chi connectivity index (χ3n) is 3.89. The number of hydrogen-bond acceptors (Lipinski definition) is 2. The molecule has 0 unspecified atom stereocenters. The summed E-state index contributed by atoms with van der Waals surface area (Å²) in [5, 5.41) is 6.29. The summed E-state index contributed by atoms with van der Waals surface area (Å²) in [6, 6.07) is 15.8. The van der Waals surface area contributed by atoms with E-state index in [-0.39, 0.29) is 18.0 Å². The lowest BCUT2D eigenvalue weighted by Crippen LogP contribution is -2.39. The van der Waals surface area contributed by atoms with E-state index in [9.17, 15) is 4.79 Å². The molecule has 0 saturated carbocycles. The average molecular weight is 375 g/mol. The predicted molar refractivity (Wildman–Crippen MR) is 99.6 cm³/mol. The second-order valence-electron chi connectivity index (χ2n) is 5.67. The van der Waals surface area contributed by atoms with Gasteiger partial charge in [0.2, 0.25) is 5.91 Å². The third-order valence-corrected chi connectivity index (χ3v) is 4.62. The van der Waals surface area contributed by atoms with Gasteiger partial charge in [0.05, 0.1) is 6.04 Å². The second-order valence-corrected chi connectivity index (χ2v) is 6.53. The molecule has 2 aromatic carbocycles. The van der Waals surface area contributed by atoms with Crippen molar-refractivity contribution in [1.29, 1.82) is 0 Å². The first-order valence-corrected chi connectivity index (χ1v) is 8.70. The van der Waals surface area contributed by atoms with Gasteiger partial charge in [0.1, 0.15) is 0 Å². The van der Waals surface area contributed by atoms with Crippen molar-refractivity contribution in [2.45, 2.75) is 39.3 Å². The molecule has 0 saturated heterocycles. The smallest absolute Gasteiger partial charge is 0.241 e. The lowest BCUT2D eigenvalue weighted by atomic mass is 10.1. The molecule has 0 bridgehead atoms. The quantitative estimate of drug-likeness (QED) is 0.769. The van der Waals surface area contributed by atoms with E-state index >= 15 is 0 Å². The van der Waals surface area contributed by atoms with Crippen LogP contribution in [0.2, 0.25) is 0 Å². The van der Waals surface area contributed by atoms with Gasteiger partial charge in [-0.05, 0) is 49.6 Å². The Kier molecular flexibility index (Phi) is 6.37. The molecule has 0 aromatic heterocycles. The van der Waals surface area contributed by atoms with Crippen LogP contribution in [0.4, 0.5) is 5.69 Å². The van der Waals surface area contributed by atoms with Crippen LogP contribution >= 0.6 is 15.9 Å². The zero-order valence-electron chi connectivity index (χ0n) is 13.8. The number of hydrogen-bond donors (Lipinski definition) is 2. The van der Waals surface area contributed by atoms with Crippen molar-refractivity contribution in [3.05, 3.63) is 64.1 Å². The van der Waals surface area contributed by atoms with E-state index in [0.717, 1.165) is 22.1 Å². The molecule has 1 amide bonds. The fraction of sp³-hybridized carbons (Fsp3) is 0.316. The van der Waals surface area contributed by atoms with E-state index in [0.29, 0.717) is 0 Å². The zero-order valence-corrected chi connectivity index (χ0v) is 15.4. The number of carbonyl (C=O) groups excluding carboxylic acids is 1. The monoisotopic (exact) mass is 374 g/mol. The molecular weight excluding hydrogens is 352 g/mol. The Balaban J connectivity index is 1.95. The molecule has 0 fully saturated rings. The average Bonchev–Trinajstić information content (AvgIpc) is 2.55. The summed E-state index contributed by atoms with van der Waals surface area (Å²) in [4.78, 5) is 12.3. The van der Waals surface area contributed by atoms with E-state index < -0.39 is 0 Å². The first kappa shape index (κ1) is 17.7. The topological polar surface area (TPSA) is 41.1 Å². The second kappa shape index (κ2) is 8.27. The van der Waals surface area contributed by atoms with Gasteiger partial charge in [-0.2, -0.15) is 0 Å². The summed E-state index contributed by atoms with van der Waals surface area (Å²) in [7, 11) is 0. The molecule has 2 atom stereocenters. The van der Waals surface area contributed by atoms with Crippen LogP contribution in [-0.2, 0) is 11.2 Å². The molecule has 122 valence electrons. The summed E-state index contributed by atoms with van der Waals surface area (Å²) in [5.74, 6) is -0.0341. The Morgan fingerprint density at radius 2 is 1.74 bits per heavy atom. The van der Waals surface area contributed by atoms with E-state index in [1.165, 1.54) is 5.56 Å². The molecule has 2 aromatic rings. The van der Waals surface area contributed by atoms with Gasteiger partial charge in [0.15, 0.2) is 0 Å². The van der Waals surface area contributed by atoms with Gasteiger partial charge in [-0.3, -0.25) is 10.1 Å². The molecule has 0 heterocycles. The largest absolute Gasteiger partial charge is 0.325 e. The molecule has 2 N–H and O–H groups in total. The van der Waals surface area contributed by atoms with Gasteiger partial charge in [0, 0.05) is 16.2 Å². The summed E-state index contributed by atoms with van der Waals surface area (Å²) >= 11 is 3.55. The van der Waals surface area contributed by atoms with E-state index in [1.807, 2.05) is 49.4 Å². The highest BCUT2D eigenvalue weighted by atomic mass is 79.9. The van der Waals surface area contributed by atoms with Crippen molar-refractivity contribution < 1.29 is 4.79 Å². The van der Waals surface area contributed by atoms with Gasteiger partial charge >= 0.3 is 0 Å². The number of benzene rings is 2. The summed E-state index contributed by atoms with van der Waals surface area (Å²) < 4.78 is 1.04. The van der Waals surface area contributed by atoms with Crippen LogP contribution in [0.25, 0.3) is 0 Å². The van der Waals surface area contributed by atoms with Crippen molar-refractivity contribution in [3.8, 4) is 0 Å². The predicted octanol–water partition coefficient (Wildman–Crippen LogP) is 4.69. The molecule has 0 radical (unpaired) electrons. The molecule has 4 heteroatoms. The van der Waals surface area contributed by atoms with Crippen molar-refractivity contribution in [3.63, 3.8) is 0 Å². The van der Waals surface area contributed by atoms with Crippen LogP contribution in [0.1, 0.15) is 37.9 Å². The maximum Gasteiger partial charge on any atom is 0.241 e. The molecule has 23 heavy (non-hydrogen) atoms. The summed E-state index contributed by atoms with van der Waals surface area (Å²) in [5.41, 5.74) is 3.23. The van der Waals surface area contributed by atoms with Crippen LogP contribution in [0, 0.1) is 0 Å². The van der Waals surface area contributed by atoms with Crippen molar-refractivity contribution >= 4 is 27.5 Å². The van der Waals surface area contributed by atoms with E-state index in [1.54, 1.807) is 0 Å². The van der Waals surface area contributed by atoms with Gasteiger partial charge < -0.3 is 5.32 Å². The maximum absolute atomic E-state index is 12.3. The van der Waals surface area contributed by atoms with Crippen LogP contribution in [0.15, 0.2) is 53.0 Å². The SMILES string of the molecule is CCc1ccc(NC(=O)[C@H](C)N[C@H](C)c2ccccc2Br)cc1. The molecule has 0 spiro atoms. The summed E-state index contributed by atoms with van der Waals surface area (Å²) in [6.07, 6.45) is 0.996. The van der Waals surface area contributed by atoms with E-state index in [2.05, 4.69) is 46.5 Å². The zero-order chi connectivity index (χ0) is 16.8. The number of anilines is 1. The highest BCUT2D eigenvalue weighted by Gasteiger charge is 2.17. The number of rotatable bonds is 6. The Bertz CT molecular complexity index is 655. The minimum absolute atomic E-state index is 0.0341. The molecule has 0 aliphatic carbocycles. The Labute approximate surface area is 146 Å². The molecular formula is C19H23BrN2O. The first-order chi connectivity index (χ1) is 11.0. The van der Waals surface area contributed by atoms with Crippen molar-refractivity contribution in [2.24, 2.45) is 0 Å². The fourth-order valence-corrected chi connectivity index (χ4v) is 3.07. The highest BCUT2D eigenvalue weighted by molar-refractivity contribution is 9.10. The van der Waals surface area contributed by atoms with Crippen LogP contribution in [-0.4, -0.2) is 11.9 Å². The van der Waals surface area contributed by atoms with Crippen molar-refractivity contribution in [1.82, 2.24) is 5.32 Å². The third kappa shape index (κ3) is 4.91. The molecule has 0 aliphatic heterocycles. The number of halogens is 1. The Hall–Kier alpha value is -1.65. The molecule has 0 aliphatic rings. The number of nitrogens with one attached hydrogen (secondary N) is 2. The van der Waals surface area contributed by atoms with E-state index in [4.69, 9.17) is 0 Å². The highest BCUT2D eigenvalue weighted by Crippen LogP contribution is 2.23. The standard InChI is InChI=1S/C19H23BrN2O/c1-4-15-9-11-16(12-10-15)22-19(23)14(3)21-13(2)17-7-5-6-8-18(17)20/h5-14,21H,4H2,1-3H3,(H,22,23)/t13-,14+/m1/s1. The molecule has 2 rings (SSSR count). The lowest BCUT2D eigenvalue weighted by molar-refractivity contribution is -0.117. The summed E-state index contributed by atoms with van der Waals surface area (Å²) in [6.45, 7) is 6.05. The Morgan fingerprint density at radius 1 is 1.09 bits per heavy atom. The maximum atomic E-state index is 12.3.